The molecule has 0 heterocycles. The number of nitrogens with one attached hydrogen (secondary N) is 1. The standard InChI is InChI=1S/C12H19N/c1-9-5-6-12(10(2)7-9)11(3)8-13-4/h5-7,11,13H,8H2,1-4H3. The van der Waals surface area contributed by atoms with Crippen LogP contribution in [0.1, 0.15) is 29.5 Å². The van der Waals surface area contributed by atoms with Crippen molar-refractivity contribution < 1.29 is 0 Å². The van der Waals surface area contributed by atoms with Gasteiger partial charge in [-0.05, 0) is 37.9 Å². The molecule has 0 radical (unpaired) electrons. The second-order valence-electron chi connectivity index (χ2n) is 3.82. The van der Waals surface area contributed by atoms with Crippen LogP contribution in [-0.2, 0) is 0 Å². The minimum absolute atomic E-state index is 0.602. The van der Waals surface area contributed by atoms with Gasteiger partial charge in [-0.2, -0.15) is 0 Å². The zero-order valence-electron chi connectivity index (χ0n) is 9.02. The van der Waals surface area contributed by atoms with Crippen molar-refractivity contribution in [1.82, 2.24) is 5.32 Å². The van der Waals surface area contributed by atoms with Crippen LogP contribution < -0.4 is 5.32 Å². The fourth-order valence-electron chi connectivity index (χ4n) is 1.79. The first-order chi connectivity index (χ1) is 6.15. The van der Waals surface area contributed by atoms with Gasteiger partial charge < -0.3 is 5.32 Å². The van der Waals surface area contributed by atoms with E-state index in [1.54, 1.807) is 0 Å². The van der Waals surface area contributed by atoms with Crippen molar-refractivity contribution in [3.05, 3.63) is 34.9 Å². The van der Waals surface area contributed by atoms with E-state index in [9.17, 15) is 0 Å². The first kappa shape index (κ1) is 10.3. The molecule has 1 rings (SSSR count). The molecule has 13 heavy (non-hydrogen) atoms. The smallest absolute Gasteiger partial charge is 0.00145 e. The molecule has 0 aliphatic carbocycles. The van der Waals surface area contributed by atoms with Crippen molar-refractivity contribution in [2.75, 3.05) is 13.6 Å². The molecule has 0 aliphatic rings. The number of hydrogen-bond acceptors (Lipinski definition) is 1. The molecule has 1 aromatic rings. The summed E-state index contributed by atoms with van der Waals surface area (Å²) in [4.78, 5) is 0. The molecule has 72 valence electrons. The van der Waals surface area contributed by atoms with E-state index in [0.717, 1.165) is 6.54 Å². The Kier molecular flexibility index (Phi) is 3.49. The van der Waals surface area contributed by atoms with Crippen LogP contribution in [0.5, 0.6) is 0 Å². The van der Waals surface area contributed by atoms with Crippen LogP contribution in [0.4, 0.5) is 0 Å². The van der Waals surface area contributed by atoms with E-state index in [2.05, 4.69) is 44.3 Å². The maximum absolute atomic E-state index is 3.21. The highest BCUT2D eigenvalue weighted by Gasteiger charge is 2.06. The number of aryl methyl sites for hydroxylation is 2. The fraction of sp³-hybridized carbons (Fsp3) is 0.500. The van der Waals surface area contributed by atoms with Gasteiger partial charge in [-0.3, -0.25) is 0 Å². The van der Waals surface area contributed by atoms with Gasteiger partial charge in [0, 0.05) is 6.54 Å². The van der Waals surface area contributed by atoms with Gasteiger partial charge in [0.25, 0.3) is 0 Å². The first-order valence-corrected chi connectivity index (χ1v) is 4.87. The van der Waals surface area contributed by atoms with Crippen molar-refractivity contribution in [2.24, 2.45) is 0 Å². The molecule has 0 amide bonds. The lowest BCUT2D eigenvalue weighted by molar-refractivity contribution is 0.674. The van der Waals surface area contributed by atoms with Crippen LogP contribution in [0.3, 0.4) is 0 Å². The number of rotatable bonds is 3. The molecule has 1 atom stereocenters. The first-order valence-electron chi connectivity index (χ1n) is 4.87. The summed E-state index contributed by atoms with van der Waals surface area (Å²) >= 11 is 0. The van der Waals surface area contributed by atoms with Crippen molar-refractivity contribution in [1.29, 1.82) is 0 Å². The van der Waals surface area contributed by atoms with Gasteiger partial charge in [-0.25, -0.2) is 0 Å². The molecule has 0 fully saturated rings. The third-order valence-corrected chi connectivity index (χ3v) is 2.47. The molecule has 1 unspecified atom stereocenters. The maximum atomic E-state index is 3.21. The highest BCUT2D eigenvalue weighted by Crippen LogP contribution is 2.19. The van der Waals surface area contributed by atoms with Gasteiger partial charge in [0.05, 0.1) is 0 Å². The quantitative estimate of drug-likeness (QED) is 0.748. The van der Waals surface area contributed by atoms with Gasteiger partial charge in [-0.1, -0.05) is 30.7 Å². The summed E-state index contributed by atoms with van der Waals surface area (Å²) in [6, 6.07) is 6.68. The van der Waals surface area contributed by atoms with Crippen molar-refractivity contribution in [2.45, 2.75) is 26.7 Å². The Morgan fingerprint density at radius 1 is 1.31 bits per heavy atom. The van der Waals surface area contributed by atoms with E-state index >= 15 is 0 Å². The van der Waals surface area contributed by atoms with E-state index < -0.39 is 0 Å². The Bertz CT molecular complexity index is 278. The van der Waals surface area contributed by atoms with E-state index in [4.69, 9.17) is 0 Å². The second kappa shape index (κ2) is 4.43. The number of hydrogen-bond donors (Lipinski definition) is 1. The highest BCUT2D eigenvalue weighted by molar-refractivity contribution is 5.32. The molecule has 0 spiro atoms. The normalized spacial score (nSPS) is 12.9. The zero-order chi connectivity index (χ0) is 9.84. The average Bonchev–Trinajstić information content (AvgIpc) is 2.04. The van der Waals surface area contributed by atoms with Crippen molar-refractivity contribution >= 4 is 0 Å². The molecule has 0 aliphatic heterocycles. The summed E-state index contributed by atoms with van der Waals surface area (Å²) < 4.78 is 0. The van der Waals surface area contributed by atoms with Gasteiger partial charge in [0.1, 0.15) is 0 Å². The van der Waals surface area contributed by atoms with Crippen molar-refractivity contribution in [3.8, 4) is 0 Å². The highest BCUT2D eigenvalue weighted by atomic mass is 14.8. The van der Waals surface area contributed by atoms with Crippen molar-refractivity contribution in [3.63, 3.8) is 0 Å². The summed E-state index contributed by atoms with van der Waals surface area (Å²) in [5.74, 6) is 0.602. The maximum Gasteiger partial charge on any atom is 0.00145 e. The third kappa shape index (κ3) is 2.56. The summed E-state index contributed by atoms with van der Waals surface area (Å²) in [6.45, 7) is 7.63. The third-order valence-electron chi connectivity index (χ3n) is 2.47. The Morgan fingerprint density at radius 2 is 2.00 bits per heavy atom. The Hall–Kier alpha value is -0.820. The SMILES string of the molecule is CNCC(C)c1ccc(C)cc1C. The number of benzene rings is 1. The van der Waals surface area contributed by atoms with Gasteiger partial charge in [0.15, 0.2) is 0 Å². The minimum atomic E-state index is 0.602. The largest absolute Gasteiger partial charge is 0.319 e. The molecule has 0 bridgehead atoms. The fourth-order valence-corrected chi connectivity index (χ4v) is 1.79. The Morgan fingerprint density at radius 3 is 2.54 bits per heavy atom. The van der Waals surface area contributed by atoms with Crippen LogP contribution >= 0.6 is 0 Å². The van der Waals surface area contributed by atoms with Gasteiger partial charge in [-0.15, -0.1) is 0 Å². The Balaban J connectivity index is 2.88. The molecule has 0 saturated heterocycles. The summed E-state index contributed by atoms with van der Waals surface area (Å²) in [5, 5.41) is 3.21. The number of likely N-dealkylation sites (N-methyl/N-ethyl adjacent to an activating group) is 1. The molecule has 1 nitrogen and oxygen atoms in total. The topological polar surface area (TPSA) is 12.0 Å². The molecule has 0 aromatic heterocycles. The molecule has 1 N–H and O–H groups in total. The summed E-state index contributed by atoms with van der Waals surface area (Å²) in [7, 11) is 2.00. The molecule has 0 saturated carbocycles. The lowest BCUT2D eigenvalue weighted by atomic mass is 9.95. The average molecular weight is 177 g/mol. The lowest BCUT2D eigenvalue weighted by Crippen LogP contribution is -2.15. The lowest BCUT2D eigenvalue weighted by Gasteiger charge is -2.14. The molecule has 1 heteroatoms. The zero-order valence-corrected chi connectivity index (χ0v) is 9.02. The molecular formula is C12H19N. The monoisotopic (exact) mass is 177 g/mol. The van der Waals surface area contributed by atoms with Crippen LogP contribution in [0.15, 0.2) is 18.2 Å². The van der Waals surface area contributed by atoms with Crippen LogP contribution in [0, 0.1) is 13.8 Å². The van der Waals surface area contributed by atoms with Crippen LogP contribution in [0.25, 0.3) is 0 Å². The van der Waals surface area contributed by atoms with E-state index in [1.807, 2.05) is 7.05 Å². The van der Waals surface area contributed by atoms with E-state index in [1.165, 1.54) is 16.7 Å². The molecule has 1 aromatic carbocycles. The van der Waals surface area contributed by atoms with Gasteiger partial charge in [0.2, 0.25) is 0 Å². The summed E-state index contributed by atoms with van der Waals surface area (Å²) in [6.07, 6.45) is 0. The van der Waals surface area contributed by atoms with E-state index in [-0.39, 0.29) is 0 Å². The Labute approximate surface area is 81.2 Å². The van der Waals surface area contributed by atoms with E-state index in [0.29, 0.717) is 5.92 Å². The minimum Gasteiger partial charge on any atom is -0.319 e. The van der Waals surface area contributed by atoms with Gasteiger partial charge >= 0.3 is 0 Å². The second-order valence-corrected chi connectivity index (χ2v) is 3.82. The van der Waals surface area contributed by atoms with Crippen LogP contribution in [0.2, 0.25) is 0 Å². The predicted molar refractivity (Wildman–Crippen MR) is 58.3 cm³/mol. The van der Waals surface area contributed by atoms with Crippen LogP contribution in [-0.4, -0.2) is 13.6 Å². The molecular weight excluding hydrogens is 158 g/mol. The predicted octanol–water partition coefficient (Wildman–Crippen LogP) is 2.63. The summed E-state index contributed by atoms with van der Waals surface area (Å²) in [5.41, 5.74) is 4.21.